The van der Waals surface area contributed by atoms with Gasteiger partial charge in [-0.3, -0.25) is 30.1 Å². The average Bonchev–Trinajstić information content (AvgIpc) is 2.78. The Morgan fingerprint density at radius 1 is 1.00 bits per heavy atom. The van der Waals surface area contributed by atoms with Gasteiger partial charge in [0, 0.05) is 18.2 Å². The third-order valence-corrected chi connectivity index (χ3v) is 6.33. The van der Waals surface area contributed by atoms with Crippen molar-refractivity contribution in [3.63, 3.8) is 0 Å². The van der Waals surface area contributed by atoms with Gasteiger partial charge in [0.15, 0.2) is 0 Å². The van der Waals surface area contributed by atoms with E-state index in [1.54, 1.807) is 43.3 Å². The lowest BCUT2D eigenvalue weighted by Crippen LogP contribution is -2.32. The summed E-state index contributed by atoms with van der Waals surface area (Å²) in [4.78, 5) is 23.0. The molecule has 31 heavy (non-hydrogen) atoms. The lowest BCUT2D eigenvalue weighted by Gasteiger charge is -2.23. The fraction of sp³-hybridized carbons (Fsp3) is 0.0952. The summed E-state index contributed by atoms with van der Waals surface area (Å²) in [7, 11) is -3.90. The van der Waals surface area contributed by atoms with Crippen LogP contribution < -0.4 is 15.2 Å². The molecule has 0 aliphatic heterocycles. The minimum atomic E-state index is -3.90. The van der Waals surface area contributed by atoms with E-state index >= 15 is 0 Å². The third-order valence-electron chi connectivity index (χ3n) is 4.43. The Bertz CT molecular complexity index is 1200. The number of nitro groups is 1. The van der Waals surface area contributed by atoms with Crippen LogP contribution in [0.2, 0.25) is 0 Å². The summed E-state index contributed by atoms with van der Waals surface area (Å²) in [5, 5.41) is 11.1. The fourth-order valence-electron chi connectivity index (χ4n) is 2.95. The number of anilines is 2. The van der Waals surface area contributed by atoms with Crippen molar-refractivity contribution in [2.24, 2.45) is 0 Å². The molecule has 160 valence electrons. The molecule has 10 heteroatoms. The Hall–Kier alpha value is -3.92. The highest BCUT2D eigenvalue weighted by atomic mass is 32.2. The first kappa shape index (κ1) is 21.8. The van der Waals surface area contributed by atoms with Gasteiger partial charge >= 0.3 is 0 Å². The Morgan fingerprint density at radius 2 is 1.68 bits per heavy atom. The van der Waals surface area contributed by atoms with Crippen LogP contribution in [0.5, 0.6) is 0 Å². The molecular weight excluding hydrogens is 420 g/mol. The summed E-state index contributed by atoms with van der Waals surface area (Å²) in [5.74, 6) is -0.641. The van der Waals surface area contributed by atoms with Crippen LogP contribution in [0.3, 0.4) is 0 Å². The molecule has 0 aromatic heterocycles. The number of amides is 1. The molecule has 1 amide bonds. The quantitative estimate of drug-likeness (QED) is 0.408. The number of hydrogen-bond acceptors (Lipinski definition) is 6. The molecule has 0 saturated carbocycles. The second kappa shape index (κ2) is 9.26. The maximum absolute atomic E-state index is 13.1. The number of benzene rings is 3. The Balaban J connectivity index is 1.83. The SMILES string of the molecule is CCN(c1ccccc1)S(=O)(=O)c1cccc(C(=O)NNc2ccccc2[N+](=O)[O-])c1. The monoisotopic (exact) mass is 440 g/mol. The molecule has 0 fully saturated rings. The van der Waals surface area contributed by atoms with E-state index in [0.717, 1.165) is 0 Å². The second-order valence-electron chi connectivity index (χ2n) is 6.39. The van der Waals surface area contributed by atoms with Gasteiger partial charge < -0.3 is 0 Å². The van der Waals surface area contributed by atoms with Crippen molar-refractivity contribution in [3.8, 4) is 0 Å². The van der Waals surface area contributed by atoms with E-state index in [9.17, 15) is 23.3 Å². The number of nitro benzene ring substituents is 1. The molecule has 0 heterocycles. The van der Waals surface area contributed by atoms with Gasteiger partial charge in [0.25, 0.3) is 21.6 Å². The summed E-state index contributed by atoms with van der Waals surface area (Å²) >= 11 is 0. The predicted molar refractivity (Wildman–Crippen MR) is 117 cm³/mol. The largest absolute Gasteiger partial charge is 0.294 e. The van der Waals surface area contributed by atoms with Crippen LogP contribution >= 0.6 is 0 Å². The second-order valence-corrected chi connectivity index (χ2v) is 8.25. The van der Waals surface area contributed by atoms with Crippen molar-refractivity contribution in [2.75, 3.05) is 16.3 Å². The van der Waals surface area contributed by atoms with E-state index < -0.39 is 20.9 Å². The Labute approximate surface area is 179 Å². The molecule has 0 saturated heterocycles. The van der Waals surface area contributed by atoms with Crippen molar-refractivity contribution >= 4 is 33.0 Å². The minimum Gasteiger partial charge on any atom is -0.292 e. The molecule has 0 aliphatic carbocycles. The minimum absolute atomic E-state index is 0.0449. The molecule has 0 unspecified atom stereocenters. The average molecular weight is 440 g/mol. The number of nitrogens with one attached hydrogen (secondary N) is 2. The van der Waals surface area contributed by atoms with Crippen molar-refractivity contribution < 1.29 is 18.1 Å². The van der Waals surface area contributed by atoms with E-state index in [0.29, 0.717) is 5.69 Å². The first-order valence-electron chi connectivity index (χ1n) is 9.32. The van der Waals surface area contributed by atoms with Gasteiger partial charge in [0.1, 0.15) is 5.69 Å². The number of hydrazine groups is 1. The lowest BCUT2D eigenvalue weighted by molar-refractivity contribution is -0.384. The topological polar surface area (TPSA) is 122 Å². The lowest BCUT2D eigenvalue weighted by atomic mass is 10.2. The normalized spacial score (nSPS) is 10.9. The molecule has 3 aromatic carbocycles. The van der Waals surface area contributed by atoms with E-state index in [-0.39, 0.29) is 28.4 Å². The summed E-state index contributed by atoms with van der Waals surface area (Å²) in [6, 6.07) is 20.1. The Morgan fingerprint density at radius 3 is 2.35 bits per heavy atom. The van der Waals surface area contributed by atoms with Gasteiger partial charge in [0.2, 0.25) is 0 Å². The number of sulfonamides is 1. The number of para-hydroxylation sites is 3. The summed E-state index contributed by atoms with van der Waals surface area (Å²) in [6.07, 6.45) is 0. The molecule has 0 aliphatic rings. The molecule has 3 rings (SSSR count). The maximum Gasteiger partial charge on any atom is 0.294 e. The van der Waals surface area contributed by atoms with Gasteiger partial charge in [-0.1, -0.05) is 36.4 Å². The number of rotatable bonds is 8. The van der Waals surface area contributed by atoms with E-state index in [2.05, 4.69) is 10.9 Å². The van der Waals surface area contributed by atoms with Crippen molar-refractivity contribution in [1.82, 2.24) is 5.43 Å². The molecule has 3 aromatic rings. The van der Waals surface area contributed by atoms with Gasteiger partial charge in [-0.25, -0.2) is 8.42 Å². The zero-order chi connectivity index (χ0) is 22.4. The molecule has 0 bridgehead atoms. The zero-order valence-electron chi connectivity index (χ0n) is 16.6. The first-order valence-corrected chi connectivity index (χ1v) is 10.8. The smallest absolute Gasteiger partial charge is 0.292 e. The highest BCUT2D eigenvalue weighted by molar-refractivity contribution is 7.92. The Kier molecular flexibility index (Phi) is 6.51. The molecule has 0 spiro atoms. The summed E-state index contributed by atoms with van der Waals surface area (Å²) in [6.45, 7) is 1.93. The highest BCUT2D eigenvalue weighted by Crippen LogP contribution is 2.24. The standard InChI is InChI=1S/C21H20N4O5S/c1-2-24(17-10-4-3-5-11-17)31(29,30)18-12-8-9-16(15-18)21(26)23-22-19-13-6-7-14-20(19)25(27)28/h3-15,22H,2H2,1H3,(H,23,26). The van der Waals surface area contributed by atoms with E-state index in [4.69, 9.17) is 0 Å². The number of hydrogen-bond donors (Lipinski definition) is 2. The first-order chi connectivity index (χ1) is 14.8. The zero-order valence-corrected chi connectivity index (χ0v) is 17.4. The van der Waals surface area contributed by atoms with Crippen LogP contribution in [0, 0.1) is 10.1 Å². The van der Waals surface area contributed by atoms with Crippen LogP contribution in [0.1, 0.15) is 17.3 Å². The summed E-state index contributed by atoms with van der Waals surface area (Å²) in [5.41, 5.74) is 5.36. The van der Waals surface area contributed by atoms with Gasteiger partial charge in [-0.2, -0.15) is 0 Å². The van der Waals surface area contributed by atoms with E-state index in [1.807, 2.05) is 0 Å². The molecular formula is C21H20N4O5S. The fourth-order valence-corrected chi connectivity index (χ4v) is 4.47. The van der Waals surface area contributed by atoms with Crippen LogP contribution in [-0.4, -0.2) is 25.8 Å². The van der Waals surface area contributed by atoms with Crippen LogP contribution in [-0.2, 0) is 10.0 Å². The van der Waals surface area contributed by atoms with Crippen LogP contribution in [0.4, 0.5) is 17.1 Å². The molecule has 0 atom stereocenters. The van der Waals surface area contributed by atoms with Gasteiger partial charge in [-0.15, -0.1) is 0 Å². The predicted octanol–water partition coefficient (Wildman–Crippen LogP) is 3.57. The van der Waals surface area contributed by atoms with Gasteiger partial charge in [-0.05, 0) is 43.3 Å². The third kappa shape index (κ3) is 4.81. The maximum atomic E-state index is 13.1. The van der Waals surface area contributed by atoms with Crippen LogP contribution in [0.25, 0.3) is 0 Å². The number of nitrogens with zero attached hydrogens (tertiary/aromatic N) is 2. The van der Waals surface area contributed by atoms with Crippen molar-refractivity contribution in [1.29, 1.82) is 0 Å². The van der Waals surface area contributed by atoms with Crippen molar-refractivity contribution in [3.05, 3.63) is 94.5 Å². The van der Waals surface area contributed by atoms with Gasteiger partial charge in [0.05, 0.1) is 15.5 Å². The molecule has 0 radical (unpaired) electrons. The molecule has 2 N–H and O–H groups in total. The highest BCUT2D eigenvalue weighted by Gasteiger charge is 2.24. The number of carbonyl (C=O) groups is 1. The summed E-state index contributed by atoms with van der Waals surface area (Å²) < 4.78 is 27.5. The van der Waals surface area contributed by atoms with E-state index in [1.165, 1.54) is 46.8 Å². The van der Waals surface area contributed by atoms with Crippen molar-refractivity contribution in [2.45, 2.75) is 11.8 Å². The number of carbonyl (C=O) groups excluding carboxylic acids is 1. The molecule has 9 nitrogen and oxygen atoms in total. The van der Waals surface area contributed by atoms with Crippen LogP contribution in [0.15, 0.2) is 83.8 Å².